The Morgan fingerprint density at radius 1 is 0.792 bits per heavy atom. The van der Waals surface area contributed by atoms with Gasteiger partial charge in [0.25, 0.3) is 0 Å². The minimum absolute atomic E-state index is 0.448. The first-order valence-corrected chi connectivity index (χ1v) is 10.2. The molecule has 0 heterocycles. The van der Waals surface area contributed by atoms with E-state index in [1.807, 2.05) is 0 Å². The fourth-order valence-corrected chi connectivity index (χ4v) is 3.29. The first-order chi connectivity index (χ1) is 11.7. The van der Waals surface area contributed by atoms with Crippen LogP contribution in [-0.4, -0.2) is 23.8 Å². The van der Waals surface area contributed by atoms with Crippen LogP contribution in [0.5, 0.6) is 0 Å². The summed E-state index contributed by atoms with van der Waals surface area (Å²) in [5.41, 5.74) is 0.964. The highest BCUT2D eigenvalue weighted by molar-refractivity contribution is 5.14. The zero-order valence-corrected chi connectivity index (χ0v) is 16.0. The van der Waals surface area contributed by atoms with Crippen LogP contribution in [-0.2, 0) is 6.42 Å². The summed E-state index contributed by atoms with van der Waals surface area (Å²) in [7, 11) is 0. The lowest BCUT2D eigenvalue weighted by atomic mass is 9.87. The predicted molar refractivity (Wildman–Crippen MR) is 105 cm³/mol. The Kier molecular flexibility index (Phi) is 11.9. The molecule has 0 unspecified atom stereocenters. The maximum atomic E-state index is 11.0. The van der Waals surface area contributed by atoms with Crippen molar-refractivity contribution >= 4 is 0 Å². The maximum absolute atomic E-state index is 11.0. The van der Waals surface area contributed by atoms with Gasteiger partial charge in [-0.05, 0) is 50.8 Å². The van der Waals surface area contributed by atoms with E-state index in [4.69, 9.17) is 0 Å². The standard InChI is InChI=1S/C22H39NO/c1-3-5-10-16-22(24,17-11-6-4-2)18-20-23-19-12-15-21-13-8-7-9-14-21/h7-9,13-14,23-24H,3-6,10-12,15-20H2,1-2H3. The molecule has 0 aliphatic rings. The molecule has 24 heavy (non-hydrogen) atoms. The number of hydrogen-bond acceptors (Lipinski definition) is 2. The lowest BCUT2D eigenvalue weighted by molar-refractivity contribution is 0.0101. The molecule has 2 nitrogen and oxygen atoms in total. The van der Waals surface area contributed by atoms with Crippen molar-refractivity contribution < 1.29 is 5.11 Å². The number of aryl methyl sites for hydroxylation is 1. The number of aliphatic hydroxyl groups is 1. The van der Waals surface area contributed by atoms with E-state index in [1.165, 1.54) is 31.2 Å². The molecule has 0 spiro atoms. The summed E-state index contributed by atoms with van der Waals surface area (Å²) in [6.45, 7) is 6.42. The van der Waals surface area contributed by atoms with Gasteiger partial charge in [-0.1, -0.05) is 82.7 Å². The van der Waals surface area contributed by atoms with Crippen LogP contribution in [0.15, 0.2) is 30.3 Å². The van der Waals surface area contributed by atoms with Crippen molar-refractivity contribution in [3.8, 4) is 0 Å². The van der Waals surface area contributed by atoms with Crippen molar-refractivity contribution in [1.29, 1.82) is 0 Å². The smallest absolute Gasteiger partial charge is 0.0659 e. The van der Waals surface area contributed by atoms with E-state index in [9.17, 15) is 5.11 Å². The number of hydrogen-bond donors (Lipinski definition) is 2. The predicted octanol–water partition coefficient (Wildman–Crippen LogP) is 5.49. The molecule has 0 saturated heterocycles. The van der Waals surface area contributed by atoms with E-state index in [1.54, 1.807) is 0 Å². The van der Waals surface area contributed by atoms with Gasteiger partial charge in [0.15, 0.2) is 0 Å². The highest BCUT2D eigenvalue weighted by Gasteiger charge is 2.24. The number of nitrogens with one attached hydrogen (secondary N) is 1. The molecule has 0 aliphatic heterocycles. The lowest BCUT2D eigenvalue weighted by Gasteiger charge is -2.28. The van der Waals surface area contributed by atoms with Gasteiger partial charge in [0.1, 0.15) is 0 Å². The summed E-state index contributed by atoms with van der Waals surface area (Å²) in [4.78, 5) is 0. The van der Waals surface area contributed by atoms with Gasteiger partial charge in [-0.2, -0.15) is 0 Å². The summed E-state index contributed by atoms with van der Waals surface area (Å²) < 4.78 is 0. The van der Waals surface area contributed by atoms with Crippen molar-refractivity contribution in [1.82, 2.24) is 5.32 Å². The number of unbranched alkanes of at least 4 members (excludes halogenated alkanes) is 4. The Hall–Kier alpha value is -0.860. The molecule has 1 aromatic rings. The van der Waals surface area contributed by atoms with E-state index >= 15 is 0 Å². The Morgan fingerprint density at radius 3 is 2.00 bits per heavy atom. The second-order valence-electron chi connectivity index (χ2n) is 7.23. The summed E-state index contributed by atoms with van der Waals surface area (Å²) in [6.07, 6.45) is 12.4. The monoisotopic (exact) mass is 333 g/mol. The van der Waals surface area contributed by atoms with Gasteiger partial charge in [0.2, 0.25) is 0 Å². The second kappa shape index (κ2) is 13.4. The fraction of sp³-hybridized carbons (Fsp3) is 0.727. The minimum atomic E-state index is -0.448. The van der Waals surface area contributed by atoms with Crippen molar-refractivity contribution in [3.63, 3.8) is 0 Å². The Labute approximate surface area is 150 Å². The normalized spacial score (nSPS) is 11.8. The van der Waals surface area contributed by atoms with Gasteiger partial charge < -0.3 is 10.4 Å². The van der Waals surface area contributed by atoms with E-state index in [0.29, 0.717) is 0 Å². The zero-order chi connectivity index (χ0) is 17.5. The van der Waals surface area contributed by atoms with E-state index in [0.717, 1.165) is 58.0 Å². The molecule has 0 saturated carbocycles. The molecule has 138 valence electrons. The van der Waals surface area contributed by atoms with Gasteiger partial charge in [0, 0.05) is 0 Å². The Morgan fingerprint density at radius 2 is 1.42 bits per heavy atom. The number of benzene rings is 1. The van der Waals surface area contributed by atoms with E-state index < -0.39 is 5.60 Å². The largest absolute Gasteiger partial charge is 0.390 e. The Bertz CT molecular complexity index is 380. The summed E-state index contributed by atoms with van der Waals surface area (Å²) >= 11 is 0. The van der Waals surface area contributed by atoms with Crippen molar-refractivity contribution in [2.75, 3.05) is 13.1 Å². The van der Waals surface area contributed by atoms with Crippen LogP contribution in [0.4, 0.5) is 0 Å². The molecule has 0 atom stereocenters. The minimum Gasteiger partial charge on any atom is -0.390 e. The topological polar surface area (TPSA) is 32.3 Å². The van der Waals surface area contributed by atoms with E-state index in [-0.39, 0.29) is 0 Å². The first kappa shape index (κ1) is 21.2. The maximum Gasteiger partial charge on any atom is 0.0659 e. The molecule has 0 radical (unpaired) electrons. The molecule has 2 heteroatoms. The molecule has 0 aliphatic carbocycles. The first-order valence-electron chi connectivity index (χ1n) is 10.2. The van der Waals surface area contributed by atoms with Gasteiger partial charge in [-0.15, -0.1) is 0 Å². The highest BCUT2D eigenvalue weighted by atomic mass is 16.3. The molecular formula is C22H39NO. The van der Waals surface area contributed by atoms with Gasteiger partial charge >= 0.3 is 0 Å². The highest BCUT2D eigenvalue weighted by Crippen LogP contribution is 2.25. The molecule has 0 aromatic heterocycles. The fourth-order valence-electron chi connectivity index (χ4n) is 3.29. The van der Waals surface area contributed by atoms with Gasteiger partial charge in [-0.3, -0.25) is 0 Å². The van der Waals surface area contributed by atoms with Crippen LogP contribution in [0, 0.1) is 0 Å². The van der Waals surface area contributed by atoms with Gasteiger partial charge in [0.05, 0.1) is 5.60 Å². The van der Waals surface area contributed by atoms with Gasteiger partial charge in [-0.25, -0.2) is 0 Å². The Balaban J connectivity index is 2.19. The molecule has 2 N–H and O–H groups in total. The van der Waals surface area contributed by atoms with Crippen LogP contribution in [0.1, 0.15) is 83.6 Å². The molecular weight excluding hydrogens is 294 g/mol. The van der Waals surface area contributed by atoms with Crippen molar-refractivity contribution in [2.45, 2.75) is 90.1 Å². The second-order valence-corrected chi connectivity index (χ2v) is 7.23. The third-order valence-corrected chi connectivity index (χ3v) is 4.92. The SMILES string of the molecule is CCCCCC(O)(CCCCC)CCNCCCc1ccccc1. The number of rotatable bonds is 15. The zero-order valence-electron chi connectivity index (χ0n) is 16.0. The van der Waals surface area contributed by atoms with Crippen molar-refractivity contribution in [2.24, 2.45) is 0 Å². The van der Waals surface area contributed by atoms with Crippen LogP contribution in [0.2, 0.25) is 0 Å². The van der Waals surface area contributed by atoms with Crippen molar-refractivity contribution in [3.05, 3.63) is 35.9 Å². The average Bonchev–Trinajstić information content (AvgIpc) is 2.59. The van der Waals surface area contributed by atoms with Crippen LogP contribution in [0.25, 0.3) is 0 Å². The quantitative estimate of drug-likeness (QED) is 0.416. The van der Waals surface area contributed by atoms with Crippen LogP contribution >= 0.6 is 0 Å². The third kappa shape index (κ3) is 10.1. The summed E-state index contributed by atoms with van der Waals surface area (Å²) in [5.74, 6) is 0. The van der Waals surface area contributed by atoms with Crippen LogP contribution < -0.4 is 5.32 Å². The summed E-state index contributed by atoms with van der Waals surface area (Å²) in [5, 5.41) is 14.5. The third-order valence-electron chi connectivity index (χ3n) is 4.92. The average molecular weight is 334 g/mol. The lowest BCUT2D eigenvalue weighted by Crippen LogP contribution is -2.33. The van der Waals surface area contributed by atoms with E-state index in [2.05, 4.69) is 49.5 Å². The summed E-state index contributed by atoms with van der Waals surface area (Å²) in [6, 6.07) is 10.7. The van der Waals surface area contributed by atoms with Crippen LogP contribution in [0.3, 0.4) is 0 Å². The molecule has 1 aromatic carbocycles. The molecule has 1 rings (SSSR count). The molecule has 0 fully saturated rings. The molecule has 0 bridgehead atoms. The molecule has 0 amide bonds.